The summed E-state index contributed by atoms with van der Waals surface area (Å²) in [6.07, 6.45) is 6.99. The molecule has 0 aliphatic carbocycles. The molecule has 0 radical (unpaired) electrons. The molecule has 0 spiro atoms. The second-order valence-corrected chi connectivity index (χ2v) is 7.19. The first-order valence-electron chi connectivity index (χ1n) is 10.5. The van der Waals surface area contributed by atoms with Gasteiger partial charge in [-0.15, -0.1) is 12.4 Å². The van der Waals surface area contributed by atoms with Crippen molar-refractivity contribution in [3.63, 3.8) is 0 Å². The number of benzene rings is 2. The molecule has 2 aromatic rings. The number of aryl methyl sites for hydroxylation is 1. The first kappa shape index (κ1) is 25.5. The number of esters is 1. The minimum Gasteiger partial charge on any atom is -0.464 e. The molecule has 6 heteroatoms. The quantitative estimate of drug-likeness (QED) is 0.319. The Hall–Kier alpha value is -2.53. The van der Waals surface area contributed by atoms with E-state index >= 15 is 0 Å². The lowest BCUT2D eigenvalue weighted by molar-refractivity contribution is -0.141. The van der Waals surface area contributed by atoms with E-state index in [1.165, 1.54) is 25.7 Å². The fourth-order valence-electron chi connectivity index (χ4n) is 2.94. The van der Waals surface area contributed by atoms with Gasteiger partial charge >= 0.3 is 5.97 Å². The van der Waals surface area contributed by atoms with E-state index in [1.54, 1.807) is 24.3 Å². The van der Waals surface area contributed by atoms with Crippen LogP contribution in [0.3, 0.4) is 0 Å². The number of anilines is 2. The number of para-hydroxylation sites is 1. The molecule has 0 fully saturated rings. The maximum absolute atomic E-state index is 12.4. The van der Waals surface area contributed by atoms with Gasteiger partial charge in [0.2, 0.25) is 0 Å². The van der Waals surface area contributed by atoms with Crippen molar-refractivity contribution in [3.8, 4) is 0 Å². The highest BCUT2D eigenvalue weighted by atomic mass is 35.5. The van der Waals surface area contributed by atoms with Crippen molar-refractivity contribution >= 4 is 35.7 Å². The van der Waals surface area contributed by atoms with Crippen molar-refractivity contribution in [2.45, 2.75) is 52.4 Å². The Kier molecular flexibility index (Phi) is 12.3. The van der Waals surface area contributed by atoms with Crippen LogP contribution in [0.2, 0.25) is 0 Å². The smallest absolute Gasteiger partial charge is 0.325 e. The van der Waals surface area contributed by atoms with Crippen LogP contribution in [-0.2, 0) is 9.53 Å². The van der Waals surface area contributed by atoms with Crippen molar-refractivity contribution in [2.75, 3.05) is 23.8 Å². The molecule has 0 saturated carbocycles. The van der Waals surface area contributed by atoms with Crippen molar-refractivity contribution in [2.24, 2.45) is 0 Å². The van der Waals surface area contributed by atoms with E-state index in [9.17, 15) is 9.59 Å². The molecule has 30 heavy (non-hydrogen) atoms. The molecule has 0 heterocycles. The number of carbonyl (C=O) groups is 2. The molecule has 0 aliphatic rings. The average molecular weight is 433 g/mol. The van der Waals surface area contributed by atoms with E-state index in [-0.39, 0.29) is 30.8 Å². The topological polar surface area (TPSA) is 67.4 Å². The van der Waals surface area contributed by atoms with Crippen LogP contribution in [-0.4, -0.2) is 25.0 Å². The molecule has 2 rings (SSSR count). The van der Waals surface area contributed by atoms with Gasteiger partial charge in [-0.1, -0.05) is 57.2 Å². The number of ether oxygens (including phenoxy) is 1. The molecule has 0 saturated heterocycles. The van der Waals surface area contributed by atoms with Gasteiger partial charge in [-0.3, -0.25) is 9.59 Å². The predicted octanol–water partition coefficient (Wildman–Crippen LogP) is 5.98. The normalized spacial score (nSPS) is 10.1. The van der Waals surface area contributed by atoms with Crippen LogP contribution in [0.25, 0.3) is 0 Å². The van der Waals surface area contributed by atoms with Crippen molar-refractivity contribution in [3.05, 3.63) is 59.7 Å². The Labute approximate surface area is 186 Å². The van der Waals surface area contributed by atoms with Crippen LogP contribution in [0.1, 0.15) is 61.4 Å². The third kappa shape index (κ3) is 9.31. The number of rotatable bonds is 12. The number of halogens is 1. The van der Waals surface area contributed by atoms with Crippen LogP contribution in [0.15, 0.2) is 48.5 Å². The molecular weight excluding hydrogens is 400 g/mol. The zero-order valence-electron chi connectivity index (χ0n) is 17.9. The largest absolute Gasteiger partial charge is 0.464 e. The highest BCUT2D eigenvalue weighted by molar-refractivity contribution is 6.04. The van der Waals surface area contributed by atoms with Crippen molar-refractivity contribution in [1.82, 2.24) is 0 Å². The third-order valence-corrected chi connectivity index (χ3v) is 4.74. The molecule has 164 valence electrons. The lowest BCUT2D eigenvalue weighted by Gasteiger charge is -2.10. The number of hydrogen-bond donors (Lipinski definition) is 2. The summed E-state index contributed by atoms with van der Waals surface area (Å²) in [6.45, 7) is 4.74. The summed E-state index contributed by atoms with van der Waals surface area (Å²) in [5.74, 6) is -0.427. The van der Waals surface area contributed by atoms with Crippen LogP contribution in [0, 0.1) is 6.92 Å². The number of hydrogen-bond acceptors (Lipinski definition) is 4. The highest BCUT2D eigenvalue weighted by Crippen LogP contribution is 2.16. The van der Waals surface area contributed by atoms with E-state index in [2.05, 4.69) is 17.6 Å². The summed E-state index contributed by atoms with van der Waals surface area (Å²) in [7, 11) is 0. The van der Waals surface area contributed by atoms with Crippen LogP contribution in [0.4, 0.5) is 11.4 Å². The minimum absolute atomic E-state index is 0. The summed E-state index contributed by atoms with van der Waals surface area (Å²) >= 11 is 0. The maximum Gasteiger partial charge on any atom is 0.325 e. The van der Waals surface area contributed by atoms with E-state index in [4.69, 9.17) is 4.74 Å². The third-order valence-electron chi connectivity index (χ3n) is 4.74. The molecule has 5 nitrogen and oxygen atoms in total. The summed E-state index contributed by atoms with van der Waals surface area (Å²) in [4.78, 5) is 24.2. The van der Waals surface area contributed by atoms with E-state index in [0.29, 0.717) is 12.2 Å². The Bertz CT molecular complexity index is 778. The molecule has 1 amide bonds. The van der Waals surface area contributed by atoms with Gasteiger partial charge in [-0.2, -0.15) is 0 Å². The van der Waals surface area contributed by atoms with Crippen molar-refractivity contribution < 1.29 is 14.3 Å². The fraction of sp³-hybridized carbons (Fsp3) is 0.417. The van der Waals surface area contributed by atoms with E-state index < -0.39 is 0 Å². The summed E-state index contributed by atoms with van der Waals surface area (Å²) < 4.78 is 5.24. The Morgan fingerprint density at radius 1 is 0.900 bits per heavy atom. The standard InChI is InChI=1S/C24H32N2O3.ClH/c1-3-4-5-6-7-10-17-29-23(27)18-25-21-15-13-20(14-16-21)24(28)26-22-12-9-8-11-19(22)2;/h8-9,11-16,25H,3-7,10,17-18H2,1-2H3,(H,26,28);1H. The van der Waals surface area contributed by atoms with Gasteiger partial charge in [0.15, 0.2) is 0 Å². The first-order valence-corrected chi connectivity index (χ1v) is 10.5. The molecule has 0 aliphatic heterocycles. The highest BCUT2D eigenvalue weighted by Gasteiger charge is 2.08. The molecule has 0 atom stereocenters. The lowest BCUT2D eigenvalue weighted by Crippen LogP contribution is -2.17. The van der Waals surface area contributed by atoms with Gasteiger partial charge in [-0.05, 0) is 49.2 Å². The zero-order chi connectivity index (χ0) is 20.9. The number of carbonyl (C=O) groups excluding carboxylic acids is 2. The second-order valence-electron chi connectivity index (χ2n) is 7.19. The fourth-order valence-corrected chi connectivity index (χ4v) is 2.94. The van der Waals surface area contributed by atoms with Gasteiger partial charge in [0.1, 0.15) is 6.54 Å². The Morgan fingerprint density at radius 2 is 1.57 bits per heavy atom. The Morgan fingerprint density at radius 3 is 2.27 bits per heavy atom. The van der Waals surface area contributed by atoms with Gasteiger partial charge in [0, 0.05) is 16.9 Å². The molecule has 2 N–H and O–H groups in total. The van der Waals surface area contributed by atoms with Crippen LogP contribution in [0.5, 0.6) is 0 Å². The summed E-state index contributed by atoms with van der Waals surface area (Å²) in [6, 6.07) is 14.7. The maximum atomic E-state index is 12.4. The SMILES string of the molecule is CCCCCCCCOC(=O)CNc1ccc(C(=O)Nc2ccccc2C)cc1.Cl. The van der Waals surface area contributed by atoms with Gasteiger partial charge in [0.05, 0.1) is 6.61 Å². The van der Waals surface area contributed by atoms with Crippen LogP contribution >= 0.6 is 12.4 Å². The molecular formula is C24H33ClN2O3. The summed E-state index contributed by atoms with van der Waals surface area (Å²) in [5, 5.41) is 5.94. The van der Waals surface area contributed by atoms with Gasteiger partial charge in [-0.25, -0.2) is 0 Å². The number of amides is 1. The van der Waals surface area contributed by atoms with E-state index in [0.717, 1.165) is 29.8 Å². The van der Waals surface area contributed by atoms with Gasteiger partial charge in [0.25, 0.3) is 5.91 Å². The van der Waals surface area contributed by atoms with E-state index in [1.807, 2.05) is 31.2 Å². The average Bonchev–Trinajstić information content (AvgIpc) is 2.73. The lowest BCUT2D eigenvalue weighted by atomic mass is 10.1. The monoisotopic (exact) mass is 432 g/mol. The molecule has 0 aromatic heterocycles. The number of nitrogens with one attached hydrogen (secondary N) is 2. The van der Waals surface area contributed by atoms with Crippen LogP contribution < -0.4 is 10.6 Å². The first-order chi connectivity index (χ1) is 14.1. The minimum atomic E-state index is -0.264. The Balaban J connectivity index is 0.00000450. The molecule has 2 aromatic carbocycles. The molecule has 0 unspecified atom stereocenters. The second kappa shape index (κ2) is 14.5. The predicted molar refractivity (Wildman–Crippen MR) is 126 cm³/mol. The zero-order valence-corrected chi connectivity index (χ0v) is 18.7. The summed E-state index contributed by atoms with van der Waals surface area (Å²) in [5.41, 5.74) is 3.14. The molecule has 0 bridgehead atoms. The van der Waals surface area contributed by atoms with Crippen molar-refractivity contribution in [1.29, 1.82) is 0 Å². The number of unbranched alkanes of at least 4 members (excludes halogenated alkanes) is 5. The van der Waals surface area contributed by atoms with Gasteiger partial charge < -0.3 is 15.4 Å².